The Kier molecular flexibility index (Phi) is 6.76. The molecule has 0 spiro atoms. The molecule has 1 aromatic heterocycles. The number of alkyl halides is 3. The van der Waals surface area contributed by atoms with Gasteiger partial charge >= 0.3 is 6.18 Å². The van der Waals surface area contributed by atoms with E-state index in [9.17, 15) is 13.2 Å². The predicted octanol–water partition coefficient (Wildman–Crippen LogP) is 5.55. The van der Waals surface area contributed by atoms with Crippen molar-refractivity contribution in [2.75, 3.05) is 29.9 Å². The van der Waals surface area contributed by atoms with E-state index in [1.807, 2.05) is 23.1 Å². The first kappa shape index (κ1) is 23.0. The summed E-state index contributed by atoms with van der Waals surface area (Å²) in [6.07, 6.45) is 1.47. The minimum Gasteiger partial charge on any atom is -0.361 e. The fourth-order valence-corrected chi connectivity index (χ4v) is 4.93. The van der Waals surface area contributed by atoms with E-state index in [0.29, 0.717) is 24.7 Å². The molecule has 0 atom stereocenters. The minimum atomic E-state index is -4.57. The molecule has 1 aromatic carbocycles. The van der Waals surface area contributed by atoms with Crippen LogP contribution in [0.3, 0.4) is 0 Å². The molecule has 1 saturated carbocycles. The normalized spacial score (nSPS) is 18.1. The lowest BCUT2D eigenvalue weighted by Crippen LogP contribution is -2.41. The average molecular weight is 484 g/mol. The van der Waals surface area contributed by atoms with Gasteiger partial charge in [0.25, 0.3) is 0 Å². The Morgan fingerprint density at radius 3 is 2.47 bits per heavy atom. The average Bonchev–Trinajstić information content (AvgIpc) is 3.44. The van der Waals surface area contributed by atoms with Crippen LogP contribution in [-0.4, -0.2) is 34.7 Å². The number of hydrogen-bond acceptors (Lipinski definition) is 4. The van der Waals surface area contributed by atoms with E-state index in [4.69, 9.17) is 23.8 Å². The second-order valence-electron chi connectivity index (χ2n) is 8.43. The van der Waals surface area contributed by atoms with Gasteiger partial charge in [-0.2, -0.15) is 18.2 Å². The van der Waals surface area contributed by atoms with Crippen molar-refractivity contribution in [2.24, 2.45) is 0 Å². The monoisotopic (exact) mass is 483 g/mol. The number of benzene rings is 1. The summed E-state index contributed by atoms with van der Waals surface area (Å²) in [6.45, 7) is 1.91. The molecule has 10 heteroatoms. The topological polar surface area (TPSA) is 53.1 Å². The third-order valence-electron chi connectivity index (χ3n) is 6.24. The van der Waals surface area contributed by atoms with Crippen molar-refractivity contribution in [3.05, 3.63) is 46.6 Å². The number of aromatic nitrogens is 2. The van der Waals surface area contributed by atoms with Crippen molar-refractivity contribution < 1.29 is 13.2 Å². The summed E-state index contributed by atoms with van der Waals surface area (Å²) in [5, 5.41) is 6.83. The fourth-order valence-electron chi connectivity index (χ4n) is 4.58. The molecule has 2 aromatic rings. The third kappa shape index (κ3) is 5.26. The van der Waals surface area contributed by atoms with Crippen LogP contribution < -0.4 is 15.5 Å². The molecule has 0 amide bonds. The first-order chi connectivity index (χ1) is 15.2. The molecule has 2 fully saturated rings. The van der Waals surface area contributed by atoms with Crippen molar-refractivity contribution in [3.63, 3.8) is 0 Å². The zero-order valence-corrected chi connectivity index (χ0v) is 19.1. The van der Waals surface area contributed by atoms with Gasteiger partial charge in [0, 0.05) is 36.1 Å². The van der Waals surface area contributed by atoms with Crippen LogP contribution in [0.1, 0.15) is 49.8 Å². The van der Waals surface area contributed by atoms with Gasteiger partial charge in [-0.1, -0.05) is 36.6 Å². The predicted molar refractivity (Wildman–Crippen MR) is 124 cm³/mol. The number of rotatable bonds is 5. The van der Waals surface area contributed by atoms with Crippen LogP contribution >= 0.6 is 23.8 Å². The van der Waals surface area contributed by atoms with E-state index in [1.165, 1.54) is 0 Å². The Morgan fingerprint density at radius 2 is 1.81 bits per heavy atom. The number of nitrogens with one attached hydrogen (secondary N) is 2. The standard InChI is InChI=1S/C22H25ClF3N5S/c23-16-7-5-6-15(12-16)21(8-1-2-9-21)14-27-20(32)30-19-28-17(22(24,25)26)13-18(29-19)31-10-3-4-11-31/h5-7,12-13H,1-4,8-11,14H2,(H2,27,28,29,30,32). The van der Waals surface area contributed by atoms with Crippen LogP contribution in [0.15, 0.2) is 30.3 Å². The summed E-state index contributed by atoms with van der Waals surface area (Å²) in [5.41, 5.74) is 0.0433. The first-order valence-corrected chi connectivity index (χ1v) is 11.6. The van der Waals surface area contributed by atoms with Crippen molar-refractivity contribution >= 4 is 40.7 Å². The molecule has 4 rings (SSSR count). The number of anilines is 2. The van der Waals surface area contributed by atoms with E-state index in [2.05, 4.69) is 26.7 Å². The highest BCUT2D eigenvalue weighted by Crippen LogP contribution is 2.41. The SMILES string of the molecule is FC(F)(F)c1cc(N2CCCC2)nc(NC(=S)NCC2(c3cccc(Cl)c3)CCCC2)n1. The van der Waals surface area contributed by atoms with Gasteiger partial charge in [-0.15, -0.1) is 0 Å². The highest BCUT2D eigenvalue weighted by molar-refractivity contribution is 7.80. The molecule has 0 radical (unpaired) electrons. The van der Waals surface area contributed by atoms with Crippen LogP contribution in [0.5, 0.6) is 0 Å². The van der Waals surface area contributed by atoms with Crippen molar-refractivity contribution in [2.45, 2.75) is 50.1 Å². The molecule has 5 nitrogen and oxygen atoms in total. The van der Waals surface area contributed by atoms with Gasteiger partial charge in [0.2, 0.25) is 5.95 Å². The molecule has 2 heterocycles. The lowest BCUT2D eigenvalue weighted by atomic mass is 9.79. The maximum atomic E-state index is 13.4. The van der Waals surface area contributed by atoms with Gasteiger partial charge in [0.05, 0.1) is 0 Å². The van der Waals surface area contributed by atoms with Crippen molar-refractivity contribution in [3.8, 4) is 0 Å². The molecule has 1 aliphatic carbocycles. The molecule has 2 N–H and O–H groups in total. The first-order valence-electron chi connectivity index (χ1n) is 10.8. The molecule has 0 bridgehead atoms. The third-order valence-corrected chi connectivity index (χ3v) is 6.72. The zero-order valence-electron chi connectivity index (χ0n) is 17.5. The summed E-state index contributed by atoms with van der Waals surface area (Å²) in [6, 6.07) is 8.82. The van der Waals surface area contributed by atoms with Gasteiger partial charge in [-0.3, -0.25) is 0 Å². The molecule has 2 aliphatic rings. The quantitative estimate of drug-likeness (QED) is 0.544. The van der Waals surface area contributed by atoms with Crippen LogP contribution in [0, 0.1) is 0 Å². The second kappa shape index (κ2) is 9.39. The minimum absolute atomic E-state index is 0.119. The summed E-state index contributed by atoms with van der Waals surface area (Å²) in [7, 11) is 0. The number of hydrogen-bond donors (Lipinski definition) is 2. The zero-order chi connectivity index (χ0) is 22.8. The summed E-state index contributed by atoms with van der Waals surface area (Å²) in [4.78, 5) is 9.80. The van der Waals surface area contributed by atoms with Crippen LogP contribution in [0.2, 0.25) is 5.02 Å². The molecular weight excluding hydrogens is 459 g/mol. The van der Waals surface area contributed by atoms with Gasteiger partial charge in [0.15, 0.2) is 10.8 Å². The van der Waals surface area contributed by atoms with E-state index in [0.717, 1.165) is 50.2 Å². The smallest absolute Gasteiger partial charge is 0.361 e. The van der Waals surface area contributed by atoms with Gasteiger partial charge < -0.3 is 15.5 Å². The number of nitrogens with zero attached hydrogens (tertiary/aromatic N) is 3. The molecule has 1 aliphatic heterocycles. The van der Waals surface area contributed by atoms with Gasteiger partial charge in [-0.05, 0) is 55.6 Å². The Balaban J connectivity index is 1.49. The molecule has 0 unspecified atom stereocenters. The lowest BCUT2D eigenvalue weighted by molar-refractivity contribution is -0.141. The van der Waals surface area contributed by atoms with E-state index >= 15 is 0 Å². The summed E-state index contributed by atoms with van der Waals surface area (Å²) >= 11 is 11.6. The summed E-state index contributed by atoms with van der Waals surface area (Å²) < 4.78 is 40.2. The maximum absolute atomic E-state index is 13.4. The summed E-state index contributed by atoms with van der Waals surface area (Å²) in [5.74, 6) is 0.115. The van der Waals surface area contributed by atoms with Crippen molar-refractivity contribution in [1.29, 1.82) is 0 Å². The molecule has 32 heavy (non-hydrogen) atoms. The number of halogens is 4. The Hall–Kier alpha value is -2.13. The molecule has 172 valence electrons. The Morgan fingerprint density at radius 1 is 1.09 bits per heavy atom. The lowest BCUT2D eigenvalue weighted by Gasteiger charge is -2.30. The van der Waals surface area contributed by atoms with Gasteiger partial charge in [0.1, 0.15) is 5.82 Å². The van der Waals surface area contributed by atoms with Crippen molar-refractivity contribution in [1.82, 2.24) is 15.3 Å². The van der Waals surface area contributed by atoms with E-state index in [-0.39, 0.29) is 22.3 Å². The van der Waals surface area contributed by atoms with E-state index in [1.54, 1.807) is 0 Å². The van der Waals surface area contributed by atoms with Crippen LogP contribution in [0.25, 0.3) is 0 Å². The van der Waals surface area contributed by atoms with E-state index < -0.39 is 11.9 Å². The highest BCUT2D eigenvalue weighted by atomic mass is 35.5. The maximum Gasteiger partial charge on any atom is 0.433 e. The fraction of sp³-hybridized carbons (Fsp3) is 0.500. The Bertz CT molecular complexity index is 972. The number of thiocarbonyl (C=S) groups is 1. The Labute approximate surface area is 195 Å². The second-order valence-corrected chi connectivity index (χ2v) is 9.28. The van der Waals surface area contributed by atoms with Gasteiger partial charge in [-0.25, -0.2) is 4.98 Å². The molecule has 1 saturated heterocycles. The largest absolute Gasteiger partial charge is 0.433 e. The van der Waals surface area contributed by atoms with Crippen LogP contribution in [-0.2, 0) is 11.6 Å². The highest BCUT2D eigenvalue weighted by Gasteiger charge is 2.36. The molecular formula is C22H25ClF3N5S. The van der Waals surface area contributed by atoms with Crippen LogP contribution in [0.4, 0.5) is 24.9 Å².